The van der Waals surface area contributed by atoms with Crippen molar-refractivity contribution in [3.63, 3.8) is 0 Å². The third-order valence-electron chi connectivity index (χ3n) is 6.35. The zero-order chi connectivity index (χ0) is 22.4. The molecule has 1 atom stereocenters. The molecule has 4 rings (SSSR count). The Hall–Kier alpha value is -3.25. The predicted molar refractivity (Wildman–Crippen MR) is 125 cm³/mol. The first kappa shape index (κ1) is 22.0. The SMILES string of the molecule is CNC(=O)C1(Cc2ccccc2-c2cncnc2)CCCN(Cc2ccc(OC)cc2)C1. The highest BCUT2D eigenvalue weighted by molar-refractivity contribution is 5.83. The number of likely N-dealkylation sites (tertiary alicyclic amines) is 1. The molecular formula is C26H30N4O2. The van der Waals surface area contributed by atoms with Crippen LogP contribution in [0.1, 0.15) is 24.0 Å². The van der Waals surface area contributed by atoms with Crippen LogP contribution in [0.2, 0.25) is 0 Å². The summed E-state index contributed by atoms with van der Waals surface area (Å²) in [5, 5.41) is 2.95. The minimum absolute atomic E-state index is 0.107. The Balaban J connectivity index is 1.60. The number of rotatable bonds is 7. The van der Waals surface area contributed by atoms with Crippen LogP contribution in [-0.4, -0.2) is 48.0 Å². The summed E-state index contributed by atoms with van der Waals surface area (Å²) in [6, 6.07) is 16.4. The summed E-state index contributed by atoms with van der Waals surface area (Å²) in [5.41, 5.74) is 3.95. The number of carbonyl (C=O) groups excluding carboxylic acids is 1. The number of methoxy groups -OCH3 is 1. The van der Waals surface area contributed by atoms with E-state index in [0.717, 1.165) is 54.9 Å². The lowest BCUT2D eigenvalue weighted by Gasteiger charge is -2.42. The lowest BCUT2D eigenvalue weighted by molar-refractivity contribution is -0.134. The molecule has 1 aliphatic rings. The van der Waals surface area contributed by atoms with Gasteiger partial charge in [-0.25, -0.2) is 9.97 Å². The molecule has 1 N–H and O–H groups in total. The molecular weight excluding hydrogens is 400 g/mol. The lowest BCUT2D eigenvalue weighted by atomic mass is 9.73. The van der Waals surface area contributed by atoms with Gasteiger partial charge < -0.3 is 10.1 Å². The Kier molecular flexibility index (Phi) is 6.81. The number of nitrogens with zero attached hydrogens (tertiary/aromatic N) is 3. The lowest BCUT2D eigenvalue weighted by Crippen LogP contribution is -2.52. The minimum Gasteiger partial charge on any atom is -0.497 e. The minimum atomic E-state index is -0.481. The first-order valence-corrected chi connectivity index (χ1v) is 11.0. The first-order valence-electron chi connectivity index (χ1n) is 11.0. The van der Waals surface area contributed by atoms with Crippen LogP contribution in [0.3, 0.4) is 0 Å². The Morgan fingerprint density at radius 2 is 1.88 bits per heavy atom. The van der Waals surface area contributed by atoms with Crippen molar-refractivity contribution in [1.29, 1.82) is 0 Å². The van der Waals surface area contributed by atoms with E-state index in [-0.39, 0.29) is 5.91 Å². The van der Waals surface area contributed by atoms with Gasteiger partial charge in [0.15, 0.2) is 0 Å². The second-order valence-corrected chi connectivity index (χ2v) is 8.48. The smallest absolute Gasteiger partial charge is 0.227 e. The highest BCUT2D eigenvalue weighted by Gasteiger charge is 2.42. The van der Waals surface area contributed by atoms with Crippen molar-refractivity contribution in [3.05, 3.63) is 78.4 Å². The number of carbonyl (C=O) groups is 1. The van der Waals surface area contributed by atoms with Crippen molar-refractivity contribution in [2.24, 2.45) is 5.41 Å². The van der Waals surface area contributed by atoms with Crippen LogP contribution >= 0.6 is 0 Å². The van der Waals surface area contributed by atoms with Gasteiger partial charge in [0.1, 0.15) is 12.1 Å². The molecule has 3 aromatic rings. The van der Waals surface area contributed by atoms with Crippen LogP contribution in [0, 0.1) is 5.41 Å². The van der Waals surface area contributed by atoms with E-state index in [1.165, 1.54) is 11.9 Å². The van der Waals surface area contributed by atoms with Gasteiger partial charge in [0.05, 0.1) is 12.5 Å². The molecule has 166 valence electrons. The van der Waals surface area contributed by atoms with E-state index in [1.807, 2.05) is 36.7 Å². The molecule has 1 aromatic heterocycles. The summed E-state index contributed by atoms with van der Waals surface area (Å²) < 4.78 is 5.28. The maximum Gasteiger partial charge on any atom is 0.227 e. The number of piperidine rings is 1. The summed E-state index contributed by atoms with van der Waals surface area (Å²) in [6.45, 7) is 2.52. The van der Waals surface area contributed by atoms with E-state index in [0.29, 0.717) is 6.42 Å². The van der Waals surface area contributed by atoms with E-state index >= 15 is 0 Å². The fraction of sp³-hybridized carbons (Fsp3) is 0.346. The number of nitrogens with one attached hydrogen (secondary N) is 1. The Morgan fingerprint density at radius 1 is 1.12 bits per heavy atom. The molecule has 0 saturated carbocycles. The van der Waals surface area contributed by atoms with Gasteiger partial charge in [-0.2, -0.15) is 0 Å². The zero-order valence-electron chi connectivity index (χ0n) is 18.8. The topological polar surface area (TPSA) is 67.4 Å². The third kappa shape index (κ3) is 4.81. The number of aromatic nitrogens is 2. The zero-order valence-corrected chi connectivity index (χ0v) is 18.8. The average Bonchev–Trinajstić information content (AvgIpc) is 2.85. The molecule has 6 nitrogen and oxygen atoms in total. The Labute approximate surface area is 189 Å². The van der Waals surface area contributed by atoms with Crippen LogP contribution < -0.4 is 10.1 Å². The third-order valence-corrected chi connectivity index (χ3v) is 6.35. The van der Waals surface area contributed by atoms with E-state index in [1.54, 1.807) is 14.2 Å². The predicted octanol–water partition coefficient (Wildman–Crippen LogP) is 3.72. The molecule has 6 heteroatoms. The number of hydrogen-bond acceptors (Lipinski definition) is 5. The van der Waals surface area contributed by atoms with Crippen molar-refractivity contribution in [2.75, 3.05) is 27.2 Å². The molecule has 1 aliphatic heterocycles. The van der Waals surface area contributed by atoms with Crippen LogP contribution in [0.5, 0.6) is 5.75 Å². The summed E-state index contributed by atoms with van der Waals surface area (Å²) >= 11 is 0. The first-order chi connectivity index (χ1) is 15.6. The summed E-state index contributed by atoms with van der Waals surface area (Å²) in [7, 11) is 3.42. The highest BCUT2D eigenvalue weighted by atomic mass is 16.5. The molecule has 1 amide bonds. The fourth-order valence-electron chi connectivity index (χ4n) is 4.79. The number of amides is 1. The van der Waals surface area contributed by atoms with Crippen LogP contribution in [0.25, 0.3) is 11.1 Å². The number of hydrogen-bond donors (Lipinski definition) is 1. The fourth-order valence-corrected chi connectivity index (χ4v) is 4.79. The van der Waals surface area contributed by atoms with E-state index in [9.17, 15) is 4.79 Å². The van der Waals surface area contributed by atoms with Crippen molar-refractivity contribution in [3.8, 4) is 16.9 Å². The standard InChI is InChI=1S/C26H30N4O2/c1-27-25(31)26(14-21-6-3-4-7-24(21)22-15-28-19-29-16-22)12-5-13-30(18-26)17-20-8-10-23(32-2)11-9-20/h3-4,6-11,15-16,19H,5,12-14,17-18H2,1-2H3,(H,27,31). The van der Waals surface area contributed by atoms with Crippen molar-refractivity contribution < 1.29 is 9.53 Å². The van der Waals surface area contributed by atoms with E-state index in [2.05, 4.69) is 44.5 Å². The van der Waals surface area contributed by atoms with Crippen LogP contribution in [0.15, 0.2) is 67.3 Å². The van der Waals surface area contributed by atoms with Gasteiger partial charge in [0.2, 0.25) is 5.91 Å². The van der Waals surface area contributed by atoms with Gasteiger partial charge in [-0.1, -0.05) is 36.4 Å². The van der Waals surface area contributed by atoms with Crippen LogP contribution in [-0.2, 0) is 17.8 Å². The molecule has 2 heterocycles. The Bertz CT molecular complexity index is 1040. The number of ether oxygens (including phenoxy) is 1. The molecule has 32 heavy (non-hydrogen) atoms. The second kappa shape index (κ2) is 9.92. The summed E-state index contributed by atoms with van der Waals surface area (Å²) in [5.74, 6) is 0.963. The molecule has 1 unspecified atom stereocenters. The maximum absolute atomic E-state index is 13.2. The molecule has 0 bridgehead atoms. The van der Waals surface area contributed by atoms with Gasteiger partial charge in [-0.05, 0) is 54.6 Å². The number of benzene rings is 2. The van der Waals surface area contributed by atoms with Crippen LogP contribution in [0.4, 0.5) is 0 Å². The normalized spacial score (nSPS) is 18.8. The van der Waals surface area contributed by atoms with Gasteiger partial charge in [0, 0.05) is 38.1 Å². The molecule has 0 aliphatic carbocycles. The molecule has 1 fully saturated rings. The van der Waals surface area contributed by atoms with E-state index in [4.69, 9.17) is 4.74 Å². The van der Waals surface area contributed by atoms with Gasteiger partial charge >= 0.3 is 0 Å². The summed E-state index contributed by atoms with van der Waals surface area (Å²) in [6.07, 6.45) is 7.73. The molecule has 0 spiro atoms. The van der Waals surface area contributed by atoms with E-state index < -0.39 is 5.41 Å². The van der Waals surface area contributed by atoms with Gasteiger partial charge in [-0.3, -0.25) is 9.69 Å². The summed E-state index contributed by atoms with van der Waals surface area (Å²) in [4.78, 5) is 24.0. The highest BCUT2D eigenvalue weighted by Crippen LogP contribution is 2.37. The quantitative estimate of drug-likeness (QED) is 0.619. The molecule has 0 radical (unpaired) electrons. The van der Waals surface area contributed by atoms with Crippen molar-refractivity contribution >= 4 is 5.91 Å². The molecule has 2 aromatic carbocycles. The monoisotopic (exact) mass is 430 g/mol. The Morgan fingerprint density at radius 3 is 2.59 bits per heavy atom. The second-order valence-electron chi connectivity index (χ2n) is 8.48. The van der Waals surface area contributed by atoms with Crippen molar-refractivity contribution in [2.45, 2.75) is 25.8 Å². The average molecular weight is 431 g/mol. The molecule has 1 saturated heterocycles. The van der Waals surface area contributed by atoms with Gasteiger partial charge in [-0.15, -0.1) is 0 Å². The van der Waals surface area contributed by atoms with Gasteiger partial charge in [0.25, 0.3) is 0 Å². The van der Waals surface area contributed by atoms with Crippen molar-refractivity contribution in [1.82, 2.24) is 20.2 Å². The maximum atomic E-state index is 13.2. The largest absolute Gasteiger partial charge is 0.497 e.